The SMILES string of the molecule is COc1cc([C@H]2c3sc(=O)[nH]c3S[C@@H]3[C@@H]4CC[C@H](C4)[C@H]23)cc(OC)c1O. The molecule has 2 fully saturated rings. The number of H-pyrrole nitrogens is 1. The van der Waals surface area contributed by atoms with Crippen LogP contribution in [0.2, 0.25) is 0 Å². The number of hydrogen-bond donors (Lipinski definition) is 2. The second-order valence-corrected chi connectivity index (χ2v) is 9.66. The number of benzene rings is 1. The number of aromatic hydroxyl groups is 1. The Morgan fingerprint density at radius 1 is 1.15 bits per heavy atom. The highest BCUT2D eigenvalue weighted by atomic mass is 32.2. The number of aromatic amines is 1. The average molecular weight is 392 g/mol. The summed E-state index contributed by atoms with van der Waals surface area (Å²) < 4.78 is 10.8. The van der Waals surface area contributed by atoms with E-state index >= 15 is 0 Å². The summed E-state index contributed by atoms with van der Waals surface area (Å²) in [6.07, 6.45) is 3.88. The molecule has 0 spiro atoms. The van der Waals surface area contributed by atoms with E-state index < -0.39 is 0 Å². The smallest absolute Gasteiger partial charge is 0.305 e. The first kappa shape index (κ1) is 16.6. The van der Waals surface area contributed by atoms with E-state index in [2.05, 4.69) is 4.98 Å². The van der Waals surface area contributed by atoms with E-state index in [1.54, 1.807) is 14.2 Å². The molecule has 5 atom stereocenters. The zero-order chi connectivity index (χ0) is 18.0. The van der Waals surface area contributed by atoms with E-state index in [4.69, 9.17) is 9.47 Å². The van der Waals surface area contributed by atoms with Gasteiger partial charge in [0.15, 0.2) is 11.5 Å². The van der Waals surface area contributed by atoms with E-state index in [9.17, 15) is 9.90 Å². The van der Waals surface area contributed by atoms with Gasteiger partial charge < -0.3 is 19.6 Å². The number of rotatable bonds is 3. The summed E-state index contributed by atoms with van der Waals surface area (Å²) in [4.78, 5) is 16.3. The third-order valence-electron chi connectivity index (χ3n) is 6.33. The van der Waals surface area contributed by atoms with Crippen molar-refractivity contribution in [2.24, 2.45) is 17.8 Å². The third kappa shape index (κ3) is 2.26. The number of phenols is 1. The highest BCUT2D eigenvalue weighted by molar-refractivity contribution is 8.00. The van der Waals surface area contributed by atoms with Gasteiger partial charge in [-0.05, 0) is 54.7 Å². The molecule has 1 aromatic heterocycles. The Hall–Kier alpha value is -1.60. The first-order chi connectivity index (χ1) is 12.6. The van der Waals surface area contributed by atoms with Gasteiger partial charge in [-0.2, -0.15) is 0 Å². The maximum Gasteiger partial charge on any atom is 0.305 e. The standard InChI is InChI=1S/C19H21NO4S2/c1-23-11-6-10(7-12(24-2)15(11)21)14-13-8-3-4-9(5-8)16(13)25-18-17(14)26-19(22)20-18/h6-9,13-14,16,21H,3-5H2,1-2H3,(H,20,22)/t8-,9-,13-,14-,16-/m1/s1. The number of hydrogen-bond acceptors (Lipinski definition) is 6. The zero-order valence-corrected chi connectivity index (χ0v) is 16.3. The van der Waals surface area contributed by atoms with Crippen molar-refractivity contribution >= 4 is 23.1 Å². The lowest BCUT2D eigenvalue weighted by Crippen LogP contribution is -2.33. The first-order valence-electron chi connectivity index (χ1n) is 8.95. The summed E-state index contributed by atoms with van der Waals surface area (Å²) in [7, 11) is 3.10. The summed E-state index contributed by atoms with van der Waals surface area (Å²) in [6.45, 7) is 0. The molecule has 5 rings (SSSR count). The number of methoxy groups -OCH3 is 2. The number of fused-ring (bicyclic) bond motifs is 6. The first-order valence-corrected chi connectivity index (χ1v) is 10.6. The number of phenolic OH excluding ortho intramolecular Hbond substituents is 1. The Labute approximate surface area is 159 Å². The van der Waals surface area contributed by atoms with Gasteiger partial charge in [0, 0.05) is 16.0 Å². The zero-order valence-electron chi connectivity index (χ0n) is 14.7. The maximum absolute atomic E-state index is 12.1. The molecule has 2 saturated carbocycles. The second-order valence-electron chi connectivity index (χ2n) is 7.45. The minimum atomic E-state index is 0.0116. The molecule has 7 heteroatoms. The molecule has 2 heterocycles. The molecule has 0 radical (unpaired) electrons. The van der Waals surface area contributed by atoms with Crippen LogP contribution in [0.5, 0.6) is 17.2 Å². The molecule has 0 amide bonds. The lowest BCUT2D eigenvalue weighted by atomic mass is 9.75. The number of thiazole rings is 1. The second kappa shape index (κ2) is 5.96. The minimum absolute atomic E-state index is 0.0116. The molecule has 2 bridgehead atoms. The normalized spacial score (nSPS) is 31.5. The Bertz CT molecular complexity index is 895. The summed E-state index contributed by atoms with van der Waals surface area (Å²) in [5.74, 6) is 2.99. The van der Waals surface area contributed by atoms with Gasteiger partial charge >= 0.3 is 4.87 Å². The summed E-state index contributed by atoms with van der Waals surface area (Å²) in [5, 5.41) is 11.9. The van der Waals surface area contributed by atoms with E-state index in [1.807, 2.05) is 23.9 Å². The lowest BCUT2D eigenvalue weighted by Gasteiger charge is -2.40. The van der Waals surface area contributed by atoms with Crippen molar-refractivity contribution in [3.63, 3.8) is 0 Å². The Morgan fingerprint density at radius 3 is 2.54 bits per heavy atom. The molecule has 2 N–H and O–H groups in total. The van der Waals surface area contributed by atoms with Crippen LogP contribution in [0.4, 0.5) is 0 Å². The van der Waals surface area contributed by atoms with Crippen molar-refractivity contribution in [1.82, 2.24) is 4.98 Å². The predicted octanol–water partition coefficient (Wildman–Crippen LogP) is 3.81. The summed E-state index contributed by atoms with van der Waals surface area (Å²) >= 11 is 3.20. The van der Waals surface area contributed by atoms with Gasteiger partial charge in [-0.15, -0.1) is 11.8 Å². The molecule has 138 valence electrons. The Balaban J connectivity index is 1.70. The highest BCUT2D eigenvalue weighted by Crippen LogP contribution is 2.64. The molecular formula is C19H21NO4S2. The van der Waals surface area contributed by atoms with Gasteiger partial charge in [-0.3, -0.25) is 4.79 Å². The molecule has 3 aliphatic rings. The fraction of sp³-hybridized carbons (Fsp3) is 0.526. The van der Waals surface area contributed by atoms with Crippen LogP contribution >= 0.6 is 23.1 Å². The van der Waals surface area contributed by atoms with Gasteiger partial charge in [-0.25, -0.2) is 0 Å². The van der Waals surface area contributed by atoms with Gasteiger partial charge in [-0.1, -0.05) is 11.3 Å². The van der Waals surface area contributed by atoms with Crippen LogP contribution in [-0.4, -0.2) is 29.6 Å². The molecule has 0 saturated heterocycles. The van der Waals surface area contributed by atoms with Crippen molar-refractivity contribution in [1.29, 1.82) is 0 Å². The molecular weight excluding hydrogens is 370 g/mol. The van der Waals surface area contributed by atoms with Gasteiger partial charge in [0.05, 0.1) is 19.2 Å². The van der Waals surface area contributed by atoms with Gasteiger partial charge in [0.25, 0.3) is 0 Å². The topological polar surface area (TPSA) is 71.6 Å². The van der Waals surface area contributed by atoms with Crippen molar-refractivity contribution in [2.75, 3.05) is 14.2 Å². The monoisotopic (exact) mass is 391 g/mol. The number of nitrogens with one attached hydrogen (secondary N) is 1. The largest absolute Gasteiger partial charge is 0.502 e. The quantitative estimate of drug-likeness (QED) is 0.832. The van der Waals surface area contributed by atoms with Crippen LogP contribution in [0.3, 0.4) is 0 Å². The van der Waals surface area contributed by atoms with Crippen molar-refractivity contribution in [3.8, 4) is 17.2 Å². The summed E-state index contributed by atoms with van der Waals surface area (Å²) in [5.41, 5.74) is 1.07. The van der Waals surface area contributed by atoms with E-state index in [1.165, 1.54) is 30.6 Å². The Kier molecular flexibility index (Phi) is 3.79. The van der Waals surface area contributed by atoms with Crippen molar-refractivity contribution in [2.45, 2.75) is 35.5 Å². The average Bonchev–Trinajstić information content (AvgIpc) is 3.33. The number of aromatic nitrogens is 1. The van der Waals surface area contributed by atoms with Crippen LogP contribution < -0.4 is 14.3 Å². The molecule has 1 aromatic carbocycles. The van der Waals surface area contributed by atoms with Crippen LogP contribution in [-0.2, 0) is 0 Å². The molecule has 26 heavy (non-hydrogen) atoms. The molecule has 1 aliphatic heterocycles. The molecule has 0 unspecified atom stereocenters. The minimum Gasteiger partial charge on any atom is -0.502 e. The molecule has 2 aromatic rings. The van der Waals surface area contributed by atoms with Crippen LogP contribution in [0.25, 0.3) is 0 Å². The molecule has 2 aliphatic carbocycles. The molecule has 5 nitrogen and oxygen atoms in total. The van der Waals surface area contributed by atoms with Crippen molar-refractivity contribution < 1.29 is 14.6 Å². The van der Waals surface area contributed by atoms with Crippen molar-refractivity contribution in [3.05, 3.63) is 32.2 Å². The third-order valence-corrected chi connectivity index (χ3v) is 8.95. The summed E-state index contributed by atoms with van der Waals surface area (Å²) in [6, 6.07) is 3.82. The van der Waals surface area contributed by atoms with Crippen LogP contribution in [0, 0.1) is 17.8 Å². The van der Waals surface area contributed by atoms with Crippen LogP contribution in [0.15, 0.2) is 22.0 Å². The van der Waals surface area contributed by atoms with E-state index in [-0.39, 0.29) is 16.5 Å². The number of thioether (sulfide) groups is 1. The predicted molar refractivity (Wildman–Crippen MR) is 102 cm³/mol. The highest BCUT2D eigenvalue weighted by Gasteiger charge is 2.54. The Morgan fingerprint density at radius 2 is 1.85 bits per heavy atom. The fourth-order valence-corrected chi connectivity index (χ4v) is 8.21. The lowest BCUT2D eigenvalue weighted by molar-refractivity contribution is 0.304. The van der Waals surface area contributed by atoms with E-state index in [0.717, 1.165) is 21.4 Å². The van der Waals surface area contributed by atoms with Gasteiger partial charge in [0.2, 0.25) is 5.75 Å². The van der Waals surface area contributed by atoms with Crippen LogP contribution in [0.1, 0.15) is 35.6 Å². The fourth-order valence-electron chi connectivity index (χ4n) is 5.32. The number of ether oxygens (including phenoxy) is 2. The van der Waals surface area contributed by atoms with Gasteiger partial charge in [0.1, 0.15) is 0 Å². The van der Waals surface area contributed by atoms with E-state index in [0.29, 0.717) is 28.6 Å². The maximum atomic E-state index is 12.1.